The predicted molar refractivity (Wildman–Crippen MR) is 61.5 cm³/mol. The Balaban J connectivity index is 3.76. The summed E-state index contributed by atoms with van der Waals surface area (Å²) in [5, 5.41) is 0. The van der Waals surface area contributed by atoms with E-state index in [4.69, 9.17) is 10.5 Å². The van der Waals surface area contributed by atoms with Gasteiger partial charge in [0.1, 0.15) is 5.54 Å². The maximum atomic E-state index is 11.4. The normalized spacial score (nSPS) is 14.9. The van der Waals surface area contributed by atoms with Crippen molar-refractivity contribution >= 4 is 17.7 Å². The number of ether oxygens (including phenoxy) is 1. The van der Waals surface area contributed by atoms with Crippen LogP contribution in [0.3, 0.4) is 0 Å². The van der Waals surface area contributed by atoms with Crippen LogP contribution in [-0.2, 0) is 9.53 Å². The van der Waals surface area contributed by atoms with Gasteiger partial charge >= 0.3 is 5.97 Å². The highest BCUT2D eigenvalue weighted by Gasteiger charge is 2.29. The maximum Gasteiger partial charge on any atom is 0.326 e. The number of rotatable bonds is 7. The molecule has 0 radical (unpaired) electrons. The number of esters is 1. The molecule has 0 aliphatic heterocycles. The summed E-state index contributed by atoms with van der Waals surface area (Å²) in [4.78, 5) is 11.4. The Hall–Kier alpha value is -0.220. The molecular weight excluding hydrogens is 198 g/mol. The van der Waals surface area contributed by atoms with Gasteiger partial charge in [0.15, 0.2) is 0 Å². The van der Waals surface area contributed by atoms with Crippen LogP contribution in [0, 0.1) is 0 Å². The Morgan fingerprint density at radius 2 is 2.14 bits per heavy atom. The number of carbonyl (C=O) groups is 1. The second kappa shape index (κ2) is 7.12. The molecule has 0 aliphatic carbocycles. The minimum absolute atomic E-state index is 0.302. The Labute approximate surface area is 90.8 Å². The molecule has 0 aromatic rings. The van der Waals surface area contributed by atoms with Gasteiger partial charge in [-0.05, 0) is 26.0 Å². The first-order valence-corrected chi connectivity index (χ1v) is 6.24. The lowest BCUT2D eigenvalue weighted by atomic mass is 10.1. The Morgan fingerprint density at radius 1 is 1.50 bits per heavy atom. The second-order valence-corrected chi connectivity index (χ2v) is 4.65. The van der Waals surface area contributed by atoms with Crippen molar-refractivity contribution in [2.24, 2.45) is 5.73 Å². The topological polar surface area (TPSA) is 52.3 Å². The van der Waals surface area contributed by atoms with Crippen LogP contribution < -0.4 is 5.73 Å². The fraction of sp³-hybridized carbons (Fsp3) is 0.900. The van der Waals surface area contributed by atoms with E-state index >= 15 is 0 Å². The molecule has 14 heavy (non-hydrogen) atoms. The zero-order valence-electron chi connectivity index (χ0n) is 9.34. The zero-order valence-corrected chi connectivity index (χ0v) is 10.2. The molecule has 0 bridgehead atoms. The molecule has 0 aromatic carbocycles. The molecular formula is C10H21NO2S. The van der Waals surface area contributed by atoms with E-state index in [1.54, 1.807) is 25.6 Å². The molecule has 0 aromatic heterocycles. The van der Waals surface area contributed by atoms with Gasteiger partial charge in [-0.25, -0.2) is 0 Å². The summed E-state index contributed by atoms with van der Waals surface area (Å²) in [5.41, 5.74) is 4.99. The van der Waals surface area contributed by atoms with Crippen LogP contribution in [0.2, 0.25) is 0 Å². The Kier molecular flexibility index (Phi) is 7.01. The molecule has 0 saturated heterocycles. The first kappa shape index (κ1) is 13.8. The maximum absolute atomic E-state index is 11.4. The van der Waals surface area contributed by atoms with Crippen LogP contribution in [0.5, 0.6) is 0 Å². The standard InChI is InChI=1S/C10H21NO2S/c1-4-6-7-14-8-10(3,11)9(12)13-5-2/h4-8,11H2,1-3H3. The summed E-state index contributed by atoms with van der Waals surface area (Å²) in [5.74, 6) is 1.39. The Morgan fingerprint density at radius 3 is 2.64 bits per heavy atom. The number of thioether (sulfide) groups is 1. The van der Waals surface area contributed by atoms with E-state index in [9.17, 15) is 4.79 Å². The SMILES string of the molecule is CCCCSCC(C)(N)C(=O)OCC. The minimum atomic E-state index is -0.839. The lowest BCUT2D eigenvalue weighted by molar-refractivity contribution is -0.148. The fourth-order valence-corrected chi connectivity index (χ4v) is 2.06. The van der Waals surface area contributed by atoms with Gasteiger partial charge in [0.05, 0.1) is 6.61 Å². The summed E-state index contributed by atoms with van der Waals surface area (Å²) in [6, 6.07) is 0. The van der Waals surface area contributed by atoms with Crippen molar-refractivity contribution < 1.29 is 9.53 Å². The minimum Gasteiger partial charge on any atom is -0.465 e. The molecule has 0 rings (SSSR count). The third-order valence-electron chi connectivity index (χ3n) is 1.79. The third-order valence-corrected chi connectivity index (χ3v) is 3.17. The second-order valence-electron chi connectivity index (χ2n) is 3.54. The summed E-state index contributed by atoms with van der Waals surface area (Å²) < 4.78 is 4.89. The molecule has 1 atom stereocenters. The first-order valence-electron chi connectivity index (χ1n) is 5.08. The Bertz CT molecular complexity index is 172. The first-order chi connectivity index (χ1) is 6.54. The van der Waals surface area contributed by atoms with Crippen LogP contribution in [0.25, 0.3) is 0 Å². The van der Waals surface area contributed by atoms with Crippen molar-refractivity contribution in [2.45, 2.75) is 39.2 Å². The van der Waals surface area contributed by atoms with E-state index in [0.717, 1.165) is 5.75 Å². The molecule has 1 unspecified atom stereocenters. The number of unbranched alkanes of at least 4 members (excludes halogenated alkanes) is 1. The van der Waals surface area contributed by atoms with Crippen molar-refractivity contribution in [1.29, 1.82) is 0 Å². The highest BCUT2D eigenvalue weighted by Crippen LogP contribution is 2.13. The molecule has 0 saturated carbocycles. The van der Waals surface area contributed by atoms with Crippen molar-refractivity contribution in [3.63, 3.8) is 0 Å². The molecule has 4 heteroatoms. The van der Waals surface area contributed by atoms with E-state index in [1.807, 2.05) is 0 Å². The molecule has 0 amide bonds. The molecule has 0 heterocycles. The van der Waals surface area contributed by atoms with Crippen molar-refractivity contribution in [1.82, 2.24) is 0 Å². The monoisotopic (exact) mass is 219 g/mol. The largest absolute Gasteiger partial charge is 0.465 e. The van der Waals surface area contributed by atoms with Gasteiger partial charge in [0.25, 0.3) is 0 Å². The molecule has 0 aliphatic rings. The van der Waals surface area contributed by atoms with Crippen molar-refractivity contribution in [2.75, 3.05) is 18.1 Å². The smallest absolute Gasteiger partial charge is 0.326 e. The molecule has 2 N–H and O–H groups in total. The van der Waals surface area contributed by atoms with Gasteiger partial charge < -0.3 is 10.5 Å². The van der Waals surface area contributed by atoms with E-state index in [2.05, 4.69) is 6.92 Å². The summed E-state index contributed by atoms with van der Waals surface area (Å²) in [6.45, 7) is 6.06. The number of nitrogens with two attached hydrogens (primary N) is 1. The van der Waals surface area contributed by atoms with Gasteiger partial charge in [0, 0.05) is 5.75 Å². The van der Waals surface area contributed by atoms with E-state index in [-0.39, 0.29) is 5.97 Å². The lowest BCUT2D eigenvalue weighted by Crippen LogP contribution is -2.48. The van der Waals surface area contributed by atoms with Gasteiger partial charge in [-0.3, -0.25) is 4.79 Å². The van der Waals surface area contributed by atoms with Gasteiger partial charge in [-0.15, -0.1) is 0 Å². The van der Waals surface area contributed by atoms with Gasteiger partial charge in [-0.1, -0.05) is 13.3 Å². The van der Waals surface area contributed by atoms with Crippen molar-refractivity contribution in [3.8, 4) is 0 Å². The fourth-order valence-electron chi connectivity index (χ4n) is 0.885. The highest BCUT2D eigenvalue weighted by atomic mass is 32.2. The van der Waals surface area contributed by atoms with Crippen LogP contribution >= 0.6 is 11.8 Å². The highest BCUT2D eigenvalue weighted by molar-refractivity contribution is 7.99. The van der Waals surface area contributed by atoms with Crippen LogP contribution in [0.4, 0.5) is 0 Å². The lowest BCUT2D eigenvalue weighted by Gasteiger charge is -2.21. The summed E-state index contributed by atoms with van der Waals surface area (Å²) in [6.07, 6.45) is 2.34. The predicted octanol–water partition coefficient (Wildman–Crippen LogP) is 1.80. The van der Waals surface area contributed by atoms with Gasteiger partial charge in [0.2, 0.25) is 0 Å². The molecule has 0 fully saturated rings. The number of carbonyl (C=O) groups excluding carboxylic acids is 1. The van der Waals surface area contributed by atoms with Gasteiger partial charge in [-0.2, -0.15) is 11.8 Å². The number of hydrogen-bond acceptors (Lipinski definition) is 4. The van der Waals surface area contributed by atoms with E-state index < -0.39 is 5.54 Å². The third kappa shape index (κ3) is 5.50. The average molecular weight is 219 g/mol. The molecule has 0 spiro atoms. The average Bonchev–Trinajstić information content (AvgIpc) is 2.13. The molecule has 3 nitrogen and oxygen atoms in total. The van der Waals surface area contributed by atoms with Crippen LogP contribution in [-0.4, -0.2) is 29.6 Å². The van der Waals surface area contributed by atoms with Crippen LogP contribution in [0.1, 0.15) is 33.6 Å². The molecule has 84 valence electrons. The quantitative estimate of drug-likeness (QED) is 0.524. The summed E-state index contributed by atoms with van der Waals surface area (Å²) >= 11 is 1.71. The van der Waals surface area contributed by atoms with E-state index in [0.29, 0.717) is 12.4 Å². The summed E-state index contributed by atoms with van der Waals surface area (Å²) in [7, 11) is 0. The zero-order chi connectivity index (χ0) is 11.0. The van der Waals surface area contributed by atoms with Crippen molar-refractivity contribution in [3.05, 3.63) is 0 Å². The van der Waals surface area contributed by atoms with Crippen LogP contribution in [0.15, 0.2) is 0 Å². The number of hydrogen-bond donors (Lipinski definition) is 1. The van der Waals surface area contributed by atoms with E-state index in [1.165, 1.54) is 12.8 Å².